The van der Waals surface area contributed by atoms with Crippen molar-refractivity contribution in [2.24, 2.45) is 0 Å². The first kappa shape index (κ1) is 18.8. The Hall–Kier alpha value is -3.54. The van der Waals surface area contributed by atoms with Gasteiger partial charge in [0.15, 0.2) is 0 Å². The third-order valence-electron chi connectivity index (χ3n) is 4.81. The number of carbonyl (C=O) groups excluding carboxylic acids is 1. The molecular formula is C23H23N3O3. The lowest BCUT2D eigenvalue weighted by atomic mass is 10.1. The average molecular weight is 389 g/mol. The van der Waals surface area contributed by atoms with Crippen molar-refractivity contribution >= 4 is 27.7 Å². The summed E-state index contributed by atoms with van der Waals surface area (Å²) in [7, 11) is 1.62. The van der Waals surface area contributed by atoms with Crippen LogP contribution >= 0.6 is 0 Å². The first-order valence-corrected chi connectivity index (χ1v) is 9.62. The third-order valence-corrected chi connectivity index (χ3v) is 4.81. The van der Waals surface area contributed by atoms with Crippen LogP contribution in [-0.4, -0.2) is 36.1 Å². The number of rotatable bonds is 8. The van der Waals surface area contributed by atoms with E-state index in [0.29, 0.717) is 26.0 Å². The number of ether oxygens (including phenoxy) is 2. The highest BCUT2D eigenvalue weighted by molar-refractivity contribution is 6.06. The predicted octanol–water partition coefficient (Wildman–Crippen LogP) is 3.85. The van der Waals surface area contributed by atoms with Crippen molar-refractivity contribution in [2.45, 2.75) is 12.8 Å². The first-order chi connectivity index (χ1) is 14.2. The van der Waals surface area contributed by atoms with Gasteiger partial charge >= 0.3 is 0 Å². The highest BCUT2D eigenvalue weighted by Crippen LogP contribution is 2.25. The number of carbonyl (C=O) groups is 1. The second-order valence-electron chi connectivity index (χ2n) is 6.77. The molecule has 0 aliphatic heterocycles. The fourth-order valence-corrected chi connectivity index (χ4v) is 3.29. The molecule has 6 heteroatoms. The van der Waals surface area contributed by atoms with Gasteiger partial charge in [0, 0.05) is 28.4 Å². The summed E-state index contributed by atoms with van der Waals surface area (Å²) in [6.07, 6.45) is 2.83. The largest absolute Gasteiger partial charge is 0.497 e. The van der Waals surface area contributed by atoms with E-state index in [1.54, 1.807) is 7.11 Å². The zero-order valence-electron chi connectivity index (χ0n) is 16.3. The molecule has 0 spiro atoms. The summed E-state index contributed by atoms with van der Waals surface area (Å²) >= 11 is 0. The van der Waals surface area contributed by atoms with E-state index in [-0.39, 0.29) is 5.91 Å². The number of nitrogens with one attached hydrogen (secondary N) is 2. The summed E-state index contributed by atoms with van der Waals surface area (Å²) in [6.45, 7) is 0.872. The molecule has 0 fully saturated rings. The van der Waals surface area contributed by atoms with Crippen LogP contribution in [0.15, 0.2) is 60.8 Å². The van der Waals surface area contributed by atoms with Crippen LogP contribution in [0.4, 0.5) is 0 Å². The van der Waals surface area contributed by atoms with E-state index in [2.05, 4.69) is 33.5 Å². The molecule has 2 heterocycles. The molecule has 0 atom stereocenters. The van der Waals surface area contributed by atoms with Crippen LogP contribution in [0, 0.1) is 0 Å². The van der Waals surface area contributed by atoms with Crippen LogP contribution in [0.5, 0.6) is 11.5 Å². The predicted molar refractivity (Wildman–Crippen MR) is 113 cm³/mol. The molecule has 0 aliphatic rings. The Morgan fingerprint density at radius 2 is 1.83 bits per heavy atom. The van der Waals surface area contributed by atoms with Crippen molar-refractivity contribution in [3.63, 3.8) is 0 Å². The molecule has 0 saturated heterocycles. The van der Waals surface area contributed by atoms with Crippen molar-refractivity contribution in [1.82, 2.24) is 15.3 Å². The first-order valence-electron chi connectivity index (χ1n) is 9.62. The van der Waals surface area contributed by atoms with Gasteiger partial charge in [-0.25, -0.2) is 0 Å². The van der Waals surface area contributed by atoms with Crippen molar-refractivity contribution in [1.29, 1.82) is 0 Å². The van der Waals surface area contributed by atoms with E-state index in [0.717, 1.165) is 33.6 Å². The lowest BCUT2D eigenvalue weighted by Gasteiger charge is -2.08. The fraction of sp³-hybridized carbons (Fsp3) is 0.217. The van der Waals surface area contributed by atoms with Gasteiger partial charge in [0.1, 0.15) is 18.1 Å². The number of aromatic amines is 1. The molecule has 148 valence electrons. The minimum Gasteiger partial charge on any atom is -0.497 e. The second kappa shape index (κ2) is 8.65. The Morgan fingerprint density at radius 1 is 1.03 bits per heavy atom. The molecule has 4 rings (SSSR count). The third kappa shape index (κ3) is 4.48. The maximum Gasteiger partial charge on any atom is 0.220 e. The summed E-state index contributed by atoms with van der Waals surface area (Å²) < 4.78 is 10.7. The average Bonchev–Trinajstić information content (AvgIpc) is 3.13. The molecule has 0 saturated carbocycles. The number of hydrogen-bond acceptors (Lipinski definition) is 4. The summed E-state index contributed by atoms with van der Waals surface area (Å²) in [5.74, 6) is 1.52. The Labute approximate surface area is 168 Å². The molecule has 0 unspecified atom stereocenters. The Bertz CT molecular complexity index is 1120. The highest BCUT2D eigenvalue weighted by Gasteiger charge is 2.07. The number of fused-ring (bicyclic) bond motifs is 3. The molecule has 1 amide bonds. The summed E-state index contributed by atoms with van der Waals surface area (Å²) in [5, 5.41) is 5.20. The van der Waals surface area contributed by atoms with Crippen molar-refractivity contribution in [3.05, 3.63) is 66.5 Å². The summed E-state index contributed by atoms with van der Waals surface area (Å²) in [6, 6.07) is 17.6. The number of benzene rings is 2. The molecule has 2 aromatic carbocycles. The van der Waals surface area contributed by atoms with E-state index in [1.165, 1.54) is 5.39 Å². The van der Waals surface area contributed by atoms with Gasteiger partial charge in [0.2, 0.25) is 5.91 Å². The van der Waals surface area contributed by atoms with Gasteiger partial charge < -0.3 is 19.8 Å². The maximum absolute atomic E-state index is 12.1. The Balaban J connectivity index is 1.25. The quantitative estimate of drug-likeness (QED) is 0.449. The van der Waals surface area contributed by atoms with E-state index in [4.69, 9.17) is 9.47 Å². The van der Waals surface area contributed by atoms with Crippen LogP contribution in [0.25, 0.3) is 21.8 Å². The van der Waals surface area contributed by atoms with Crippen LogP contribution < -0.4 is 14.8 Å². The minimum absolute atomic E-state index is 0.0100. The van der Waals surface area contributed by atoms with E-state index in [9.17, 15) is 4.79 Å². The Kier molecular flexibility index (Phi) is 5.61. The molecule has 0 radical (unpaired) electrons. The zero-order valence-corrected chi connectivity index (χ0v) is 16.3. The van der Waals surface area contributed by atoms with Gasteiger partial charge in [-0.05, 0) is 42.8 Å². The summed E-state index contributed by atoms with van der Waals surface area (Å²) in [4.78, 5) is 20.0. The number of amides is 1. The smallest absolute Gasteiger partial charge is 0.220 e. The van der Waals surface area contributed by atoms with E-state index in [1.807, 2.05) is 42.6 Å². The number of para-hydroxylation sites is 1. The number of H-pyrrole nitrogens is 1. The van der Waals surface area contributed by atoms with E-state index < -0.39 is 0 Å². The molecule has 2 N–H and O–H groups in total. The SMILES string of the molecule is COc1ccc(OCCNC(=O)CCc2cc3c(cn2)[nH]c2ccccc23)cc1. The van der Waals surface area contributed by atoms with Crippen LogP contribution in [-0.2, 0) is 11.2 Å². The monoisotopic (exact) mass is 389 g/mol. The molecule has 4 aromatic rings. The van der Waals surface area contributed by atoms with Gasteiger partial charge in [0.25, 0.3) is 0 Å². The second-order valence-corrected chi connectivity index (χ2v) is 6.77. The van der Waals surface area contributed by atoms with Gasteiger partial charge in [0.05, 0.1) is 25.4 Å². The standard InChI is InChI=1S/C23H23N3O3/c1-28-17-7-9-18(10-8-17)29-13-12-24-23(27)11-6-16-14-20-19-4-2-3-5-21(19)26-22(20)15-25-16/h2-5,7-10,14-15,26H,6,11-13H2,1H3,(H,24,27). The minimum atomic E-state index is -0.0100. The maximum atomic E-state index is 12.1. The number of aromatic nitrogens is 2. The zero-order chi connectivity index (χ0) is 20.1. The van der Waals surface area contributed by atoms with Gasteiger partial charge in [-0.15, -0.1) is 0 Å². The van der Waals surface area contributed by atoms with Crippen LogP contribution in [0.2, 0.25) is 0 Å². The number of nitrogens with zero attached hydrogens (tertiary/aromatic N) is 1. The highest BCUT2D eigenvalue weighted by atomic mass is 16.5. The lowest BCUT2D eigenvalue weighted by molar-refractivity contribution is -0.121. The molecule has 0 aliphatic carbocycles. The summed E-state index contributed by atoms with van der Waals surface area (Å²) in [5.41, 5.74) is 3.01. The molecular weight excluding hydrogens is 366 g/mol. The van der Waals surface area contributed by atoms with Crippen LogP contribution in [0.1, 0.15) is 12.1 Å². The number of pyridine rings is 1. The molecule has 29 heavy (non-hydrogen) atoms. The molecule has 6 nitrogen and oxygen atoms in total. The van der Waals surface area contributed by atoms with Gasteiger partial charge in [-0.3, -0.25) is 9.78 Å². The van der Waals surface area contributed by atoms with E-state index >= 15 is 0 Å². The fourth-order valence-electron chi connectivity index (χ4n) is 3.29. The molecule has 2 aromatic heterocycles. The van der Waals surface area contributed by atoms with Crippen molar-refractivity contribution in [2.75, 3.05) is 20.3 Å². The van der Waals surface area contributed by atoms with Gasteiger partial charge in [-0.1, -0.05) is 18.2 Å². The molecule has 0 bridgehead atoms. The van der Waals surface area contributed by atoms with Crippen molar-refractivity contribution < 1.29 is 14.3 Å². The number of aryl methyl sites for hydroxylation is 1. The van der Waals surface area contributed by atoms with Crippen LogP contribution in [0.3, 0.4) is 0 Å². The van der Waals surface area contributed by atoms with Crippen molar-refractivity contribution in [3.8, 4) is 11.5 Å². The lowest BCUT2D eigenvalue weighted by Crippen LogP contribution is -2.28. The number of hydrogen-bond donors (Lipinski definition) is 2. The normalized spacial score (nSPS) is 10.9. The van der Waals surface area contributed by atoms with Gasteiger partial charge in [-0.2, -0.15) is 0 Å². The Morgan fingerprint density at radius 3 is 2.66 bits per heavy atom. The number of methoxy groups -OCH3 is 1. The topological polar surface area (TPSA) is 76.2 Å².